The molecule has 0 aliphatic heterocycles. The molecule has 4 N–H and O–H groups in total. The number of unbranched alkanes of at least 4 members (excludes halogenated alkanes) is 43. The van der Waals surface area contributed by atoms with Gasteiger partial charge in [0.25, 0.3) is 0 Å². The van der Waals surface area contributed by atoms with Crippen LogP contribution in [0, 0.1) is 0 Å². The number of carboxylic acid groups (broad SMARTS) is 1. The van der Waals surface area contributed by atoms with E-state index in [0.29, 0.717) is 56.0 Å². The van der Waals surface area contributed by atoms with Gasteiger partial charge in [0.2, 0.25) is 6.29 Å². The minimum absolute atomic E-state index is 0.0268. The van der Waals surface area contributed by atoms with Crippen LogP contribution in [0.1, 0.15) is 355 Å². The van der Waals surface area contributed by atoms with E-state index in [1.165, 1.54) is 187 Å². The summed E-state index contributed by atoms with van der Waals surface area (Å²) in [5.41, 5.74) is 0. The number of ether oxygens (including phenoxy) is 4. The molecule has 0 aliphatic carbocycles. The Hall–Kier alpha value is -2.51. The smallest absolute Gasteiger partial charge is 0.475 e. The van der Waals surface area contributed by atoms with Gasteiger partial charge in [-0.1, -0.05) is 290 Å². The van der Waals surface area contributed by atoms with Crippen molar-refractivity contribution >= 4 is 45.5 Å². The Bertz CT molecular complexity index is 1950. The van der Waals surface area contributed by atoms with Gasteiger partial charge in [-0.15, -0.1) is 0 Å². The number of rotatable bonds is 73. The highest BCUT2D eigenvalue weighted by molar-refractivity contribution is 7.47. The second-order valence-corrected chi connectivity index (χ2v) is 30.6. The van der Waals surface area contributed by atoms with E-state index in [0.717, 1.165) is 77.0 Å². The first-order valence-corrected chi connectivity index (χ1v) is 41.4. The number of likely N-dealkylation sites (N-methyl/N-ethyl adjacent to an activating group) is 1. The van der Waals surface area contributed by atoms with Gasteiger partial charge in [-0.05, 0) is 45.6 Å². The Morgan fingerprint density at radius 1 is 0.389 bits per heavy atom. The molecule has 0 spiro atoms. The van der Waals surface area contributed by atoms with Gasteiger partial charge < -0.3 is 43.6 Å². The van der Waals surface area contributed by atoms with Crippen molar-refractivity contribution in [1.29, 1.82) is 0 Å². The van der Waals surface area contributed by atoms with Crippen molar-refractivity contribution in [2.75, 3.05) is 60.7 Å². The zero-order valence-corrected chi connectivity index (χ0v) is 63.2. The van der Waals surface area contributed by atoms with Crippen LogP contribution in [-0.2, 0) is 70.1 Å². The lowest BCUT2D eigenvalue weighted by Crippen LogP contribution is -2.41. The Balaban J connectivity index is 5.12. The summed E-state index contributed by atoms with van der Waals surface area (Å²) in [6.07, 6.45) is 47.9. The van der Waals surface area contributed by atoms with Gasteiger partial charge in [0.05, 0.1) is 34.4 Å². The molecule has 0 saturated heterocycles. The van der Waals surface area contributed by atoms with E-state index in [-0.39, 0.29) is 45.4 Å². The first kappa shape index (κ1) is 92.5. The molecule has 20 nitrogen and oxygen atoms in total. The standard InChI is InChI=1S/C73H142N2O18P2/c1-8-11-14-17-20-23-26-29-30-33-36-38-41-46-51-56-69(77)90-65(4)73(92-71(79)58-53-47-42-39-35-32-28-25-22-19-16-13-10-3)93-95(84,85)89-64-67(72(80)81)74-59-54-49-44-43-48-52-57-70(78)91-66(63-88-94(82,83)87-61-60-75(5,6)7)62-86-68(76)55-50-45-40-37-34-31-27-24-21-18-15-12-9-2/h65-67,73-74H,8-64H2,1-7H3,(H2-,80,81,82,83,84,85)/p+1/t65?,66-,67?,73?/m1/s1. The number of carbonyl (C=O) groups is 5. The third kappa shape index (κ3) is 64.6. The van der Waals surface area contributed by atoms with Gasteiger partial charge in [0.15, 0.2) is 12.2 Å². The van der Waals surface area contributed by atoms with Crippen molar-refractivity contribution in [2.24, 2.45) is 0 Å². The molecule has 5 unspecified atom stereocenters. The maximum atomic E-state index is 13.4. The number of carboxylic acids is 1. The summed E-state index contributed by atoms with van der Waals surface area (Å²) in [6, 6.07) is -1.39. The minimum atomic E-state index is -5.08. The summed E-state index contributed by atoms with van der Waals surface area (Å²) in [4.78, 5) is 85.2. The Kier molecular flexibility index (Phi) is 62.0. The molecule has 6 atom stereocenters. The second-order valence-electron chi connectivity index (χ2n) is 27.7. The molecule has 0 rings (SSSR count). The van der Waals surface area contributed by atoms with Crippen LogP contribution >= 0.6 is 15.6 Å². The maximum Gasteiger partial charge on any atom is 0.475 e. The molecule has 0 saturated carbocycles. The predicted octanol–water partition coefficient (Wildman–Crippen LogP) is 19.2. The van der Waals surface area contributed by atoms with Gasteiger partial charge in [-0.3, -0.25) is 37.5 Å². The largest absolute Gasteiger partial charge is 0.480 e. The monoisotopic (exact) mass is 1400 g/mol. The predicted molar refractivity (Wildman–Crippen MR) is 380 cm³/mol. The van der Waals surface area contributed by atoms with E-state index in [1.54, 1.807) is 0 Å². The highest BCUT2D eigenvalue weighted by Crippen LogP contribution is 2.46. The van der Waals surface area contributed by atoms with E-state index in [1.807, 2.05) is 21.1 Å². The fourth-order valence-corrected chi connectivity index (χ4v) is 12.7. The minimum Gasteiger partial charge on any atom is -0.480 e. The molecule has 0 heterocycles. The molecule has 0 aliphatic rings. The van der Waals surface area contributed by atoms with E-state index < -0.39 is 83.2 Å². The molecule has 22 heteroatoms. The number of phosphoric acid groups is 2. The van der Waals surface area contributed by atoms with E-state index in [2.05, 4.69) is 26.1 Å². The normalized spacial score (nSPS) is 14.4. The summed E-state index contributed by atoms with van der Waals surface area (Å²) in [5, 5.41) is 12.8. The lowest BCUT2D eigenvalue weighted by molar-refractivity contribution is -0.870. The molecule has 95 heavy (non-hydrogen) atoms. The molecule has 562 valence electrons. The Morgan fingerprint density at radius 2 is 0.705 bits per heavy atom. The molecule has 0 fully saturated rings. The number of hydrogen-bond donors (Lipinski definition) is 4. The van der Waals surface area contributed by atoms with Crippen LogP contribution in [0.25, 0.3) is 0 Å². The fourth-order valence-electron chi connectivity index (χ4n) is 11.1. The van der Waals surface area contributed by atoms with E-state index in [9.17, 15) is 48.0 Å². The highest BCUT2D eigenvalue weighted by atomic mass is 31.2. The topological polar surface area (TPSA) is 266 Å². The average Bonchev–Trinajstić information content (AvgIpc) is 1.05. The number of carbonyl (C=O) groups excluding carboxylic acids is 4. The summed E-state index contributed by atoms with van der Waals surface area (Å²) in [6.45, 7) is 7.14. The van der Waals surface area contributed by atoms with Crippen molar-refractivity contribution < 1.29 is 89.5 Å². The number of aliphatic carboxylic acids is 1. The number of nitrogens with zero attached hydrogens (tertiary/aromatic N) is 1. The van der Waals surface area contributed by atoms with Gasteiger partial charge in [0, 0.05) is 25.7 Å². The summed E-state index contributed by atoms with van der Waals surface area (Å²) in [5.74, 6) is -3.61. The number of quaternary nitrogens is 1. The van der Waals surface area contributed by atoms with Crippen LogP contribution in [0.2, 0.25) is 0 Å². The van der Waals surface area contributed by atoms with Crippen molar-refractivity contribution in [1.82, 2.24) is 5.32 Å². The molecule has 0 amide bonds. The highest BCUT2D eigenvalue weighted by Gasteiger charge is 2.36. The molecule has 0 bridgehead atoms. The van der Waals surface area contributed by atoms with Crippen LogP contribution in [-0.4, -0.2) is 134 Å². The second kappa shape index (κ2) is 63.6. The fraction of sp³-hybridized carbons (Fsp3) is 0.932. The quantitative estimate of drug-likeness (QED) is 0.0110. The average molecular weight is 1400 g/mol. The van der Waals surface area contributed by atoms with Crippen LogP contribution < -0.4 is 5.32 Å². The van der Waals surface area contributed by atoms with Crippen LogP contribution in [0.15, 0.2) is 0 Å². The number of esters is 4. The maximum absolute atomic E-state index is 13.4. The number of hydrogen-bond acceptors (Lipinski definition) is 16. The van der Waals surface area contributed by atoms with Gasteiger partial charge >= 0.3 is 45.5 Å². The molecule has 0 aromatic heterocycles. The lowest BCUT2D eigenvalue weighted by Gasteiger charge is -2.26. The zero-order valence-electron chi connectivity index (χ0n) is 61.4. The Morgan fingerprint density at radius 3 is 1.06 bits per heavy atom. The first-order valence-electron chi connectivity index (χ1n) is 38.4. The van der Waals surface area contributed by atoms with Crippen LogP contribution in [0.4, 0.5) is 0 Å². The third-order valence-electron chi connectivity index (χ3n) is 17.2. The van der Waals surface area contributed by atoms with Gasteiger partial charge in [-0.25, -0.2) is 13.7 Å². The zero-order chi connectivity index (χ0) is 70.4. The number of phosphoric ester groups is 2. The molecular weight excluding hydrogens is 1250 g/mol. The molecule has 0 aromatic carbocycles. The molecule has 0 aromatic rings. The van der Waals surface area contributed by atoms with Gasteiger partial charge in [0.1, 0.15) is 25.8 Å². The van der Waals surface area contributed by atoms with Crippen molar-refractivity contribution in [3.63, 3.8) is 0 Å². The number of nitrogens with one attached hydrogen (secondary N) is 1. The Labute approximate surface area is 578 Å². The molecular formula is C73H143N2O18P2+. The van der Waals surface area contributed by atoms with E-state index in [4.69, 9.17) is 37.0 Å². The molecule has 0 radical (unpaired) electrons. The summed E-state index contributed by atoms with van der Waals surface area (Å²) < 4.78 is 69.5. The lowest BCUT2D eigenvalue weighted by atomic mass is 10.0. The van der Waals surface area contributed by atoms with Crippen molar-refractivity contribution in [3.05, 3.63) is 0 Å². The van der Waals surface area contributed by atoms with Gasteiger partial charge in [-0.2, -0.15) is 0 Å². The van der Waals surface area contributed by atoms with Crippen LogP contribution in [0.5, 0.6) is 0 Å². The van der Waals surface area contributed by atoms with Crippen molar-refractivity contribution in [2.45, 2.75) is 380 Å². The van der Waals surface area contributed by atoms with E-state index >= 15 is 0 Å². The SMILES string of the molecule is CCCCCCCCCCCCCCCCCC(=O)OC(C)C(OC(=O)CCCCCCCCCCCCCCC)OP(=O)(O)OCC(NCCCCCCCCC(=O)O[C@H](COC(=O)CCCCCCCCCCCCCCC)COP(=O)(O)OCC[N+](C)(C)C)C(=O)O. The van der Waals surface area contributed by atoms with Crippen molar-refractivity contribution in [3.8, 4) is 0 Å². The third-order valence-corrected chi connectivity index (χ3v) is 19.1. The summed E-state index contributed by atoms with van der Waals surface area (Å²) >= 11 is 0. The summed E-state index contributed by atoms with van der Waals surface area (Å²) in [7, 11) is -3.85. The van der Waals surface area contributed by atoms with Crippen LogP contribution in [0.3, 0.4) is 0 Å². The first-order chi connectivity index (χ1) is 45.6.